The van der Waals surface area contributed by atoms with Crippen molar-refractivity contribution < 1.29 is 22.7 Å². The van der Waals surface area contributed by atoms with Crippen molar-refractivity contribution in [1.82, 2.24) is 4.98 Å². The van der Waals surface area contributed by atoms with Gasteiger partial charge in [-0.25, -0.2) is 4.79 Å². The van der Waals surface area contributed by atoms with Gasteiger partial charge >= 0.3 is 12.1 Å². The minimum Gasteiger partial charge on any atom is -0.466 e. The number of esters is 1. The predicted molar refractivity (Wildman–Crippen MR) is 85.9 cm³/mol. The monoisotopic (exact) mass is 347 g/mol. The van der Waals surface area contributed by atoms with Gasteiger partial charge in [-0.2, -0.15) is 23.2 Å². The summed E-state index contributed by atoms with van der Waals surface area (Å²) < 4.78 is 42.4. The van der Waals surface area contributed by atoms with Crippen molar-refractivity contribution in [2.45, 2.75) is 6.18 Å². The molecule has 0 spiro atoms. The third-order valence-electron chi connectivity index (χ3n) is 2.95. The first-order valence-corrected chi connectivity index (χ1v) is 6.94. The molecule has 0 bridgehead atoms. The maximum Gasteiger partial charge on any atom is 0.416 e. The average molecular weight is 347 g/mol. The number of aromatic nitrogens is 1. The second-order valence-corrected chi connectivity index (χ2v) is 4.66. The van der Waals surface area contributed by atoms with E-state index in [4.69, 9.17) is 0 Å². The molecule has 2 aromatic rings. The molecule has 0 N–H and O–H groups in total. The zero-order chi connectivity index (χ0) is 18.3. The molecule has 128 valence electrons. The van der Waals surface area contributed by atoms with Crippen LogP contribution in [-0.4, -0.2) is 24.1 Å². The molecule has 1 aromatic carbocycles. The lowest BCUT2D eigenvalue weighted by Crippen LogP contribution is -2.03. The molecule has 2 rings (SSSR count). The van der Waals surface area contributed by atoms with Crippen molar-refractivity contribution in [3.8, 4) is 0 Å². The molecular weight excluding hydrogens is 335 g/mol. The Labute approximate surface area is 141 Å². The Morgan fingerprint density at radius 1 is 1.28 bits per heavy atom. The van der Waals surface area contributed by atoms with Crippen molar-refractivity contribution in [2.75, 3.05) is 7.11 Å². The van der Waals surface area contributed by atoms with Crippen LogP contribution >= 0.6 is 0 Å². The number of carbonyl (C=O) groups is 1. The molecule has 25 heavy (non-hydrogen) atoms. The summed E-state index contributed by atoms with van der Waals surface area (Å²) in [4.78, 5) is 22.8. The Hall–Kier alpha value is -3.25. The van der Waals surface area contributed by atoms with Crippen LogP contribution < -0.4 is 0 Å². The number of rotatable bonds is 4. The quantitative estimate of drug-likeness (QED) is 0.467. The number of halogens is 3. The Balaban J connectivity index is 2.26. The summed E-state index contributed by atoms with van der Waals surface area (Å²) in [5.74, 6) is -0.545. The predicted octanol–water partition coefficient (Wildman–Crippen LogP) is 4.42. The van der Waals surface area contributed by atoms with Crippen LogP contribution in [0.15, 0.2) is 58.8 Å². The van der Waals surface area contributed by atoms with Gasteiger partial charge in [-0.05, 0) is 30.3 Å². The molecule has 0 radical (unpaired) electrons. The molecule has 1 heterocycles. The molecule has 0 fully saturated rings. The summed E-state index contributed by atoms with van der Waals surface area (Å²) in [5.41, 5.74) is 0.158. The van der Waals surface area contributed by atoms with Crippen molar-refractivity contribution in [3.05, 3.63) is 59.9 Å². The van der Waals surface area contributed by atoms with E-state index in [1.54, 1.807) is 6.07 Å². The molecule has 0 saturated heterocycles. The number of hydrogen-bond acceptors (Lipinski definition) is 5. The highest BCUT2D eigenvalue weighted by molar-refractivity contribution is 5.88. The first kappa shape index (κ1) is 18.1. The Bertz CT molecular complexity index is 854. The minimum atomic E-state index is -4.44. The zero-order valence-electron chi connectivity index (χ0n) is 13.0. The molecule has 8 heteroatoms. The number of aliphatic imine (C=N–C) groups is 2. The highest BCUT2D eigenvalue weighted by atomic mass is 19.4. The van der Waals surface area contributed by atoms with Crippen molar-refractivity contribution in [2.24, 2.45) is 9.98 Å². The van der Waals surface area contributed by atoms with Crippen LogP contribution in [0, 0.1) is 0 Å². The third kappa shape index (κ3) is 5.40. The lowest BCUT2D eigenvalue weighted by atomic mass is 10.2. The lowest BCUT2D eigenvalue weighted by Gasteiger charge is -2.05. The summed E-state index contributed by atoms with van der Waals surface area (Å²) in [6.45, 7) is 0. The van der Waals surface area contributed by atoms with Crippen molar-refractivity contribution >= 4 is 29.4 Å². The van der Waals surface area contributed by atoms with Crippen LogP contribution in [0.3, 0.4) is 0 Å². The minimum absolute atomic E-state index is 0.0688. The number of alkyl halides is 3. The highest BCUT2D eigenvalue weighted by Crippen LogP contribution is 2.31. The van der Waals surface area contributed by atoms with Crippen LogP contribution in [0.5, 0.6) is 0 Å². The maximum atomic E-state index is 12.6. The molecule has 0 aliphatic rings. The summed E-state index contributed by atoms with van der Waals surface area (Å²) in [6.07, 6.45) is 1.13. The van der Waals surface area contributed by atoms with Gasteiger partial charge in [0.25, 0.3) is 0 Å². The first-order valence-electron chi connectivity index (χ1n) is 6.94. The third-order valence-corrected chi connectivity index (χ3v) is 2.95. The number of ether oxygens (including phenoxy) is 1. The Morgan fingerprint density at radius 3 is 2.80 bits per heavy atom. The average Bonchev–Trinajstić information content (AvgIpc) is 2.60. The van der Waals surface area contributed by atoms with Gasteiger partial charge in [-0.15, -0.1) is 0 Å². The molecule has 0 saturated carbocycles. The van der Waals surface area contributed by atoms with Gasteiger partial charge in [-0.3, -0.25) is 4.98 Å². The molecule has 0 aliphatic heterocycles. The maximum absolute atomic E-state index is 12.6. The van der Waals surface area contributed by atoms with Gasteiger partial charge < -0.3 is 4.74 Å². The van der Waals surface area contributed by atoms with Gasteiger partial charge in [0, 0.05) is 24.0 Å². The number of carbonyl (C=O) groups excluding carboxylic acids is 1. The summed E-state index contributed by atoms with van der Waals surface area (Å²) in [7, 11) is 1.25. The van der Waals surface area contributed by atoms with Gasteiger partial charge in [-0.1, -0.05) is 6.07 Å². The Kier molecular flexibility index (Phi) is 5.81. The van der Waals surface area contributed by atoms with Crippen molar-refractivity contribution in [3.63, 3.8) is 0 Å². The van der Waals surface area contributed by atoms with Gasteiger partial charge in [0.05, 0.1) is 24.0 Å². The highest BCUT2D eigenvalue weighted by Gasteiger charge is 2.30. The van der Waals surface area contributed by atoms with E-state index >= 15 is 0 Å². The second-order valence-electron chi connectivity index (χ2n) is 4.66. The first-order chi connectivity index (χ1) is 11.9. The number of hydrogen-bond donors (Lipinski definition) is 0. The van der Waals surface area contributed by atoms with E-state index in [1.807, 2.05) is 0 Å². The zero-order valence-corrected chi connectivity index (χ0v) is 13.0. The van der Waals surface area contributed by atoms with E-state index in [9.17, 15) is 18.0 Å². The standard InChI is InChI=1S/C17H12F3N3O2/c1-25-16(24)6-5-12-10-21-8-7-15(12)23-11-22-14-4-2-3-13(9-14)17(18,19)20/h2-10H,1H3. The lowest BCUT2D eigenvalue weighted by molar-refractivity contribution is -0.137. The van der Waals surface area contributed by atoms with Gasteiger partial charge in [0.2, 0.25) is 0 Å². The van der Waals surface area contributed by atoms with Crippen LogP contribution in [0.2, 0.25) is 0 Å². The normalized spacial score (nSPS) is 11.0. The fraction of sp³-hybridized carbons (Fsp3) is 0.118. The Morgan fingerprint density at radius 2 is 2.08 bits per heavy atom. The molecule has 0 aliphatic carbocycles. The van der Waals surface area contributed by atoms with E-state index in [0.717, 1.165) is 12.1 Å². The SMILES string of the molecule is COC(=O)C=Cc1cnccc1N=C=Nc1cccc(C(F)(F)F)c1. The molecule has 5 nitrogen and oxygen atoms in total. The van der Waals surface area contributed by atoms with E-state index in [0.29, 0.717) is 11.3 Å². The largest absolute Gasteiger partial charge is 0.466 e. The van der Waals surface area contributed by atoms with Gasteiger partial charge in [0.1, 0.15) is 6.01 Å². The molecule has 0 unspecified atom stereocenters. The van der Waals surface area contributed by atoms with E-state index in [2.05, 4.69) is 25.7 Å². The topological polar surface area (TPSA) is 63.9 Å². The number of methoxy groups -OCH3 is 1. The van der Waals surface area contributed by atoms with E-state index in [1.165, 1.54) is 43.8 Å². The number of pyridine rings is 1. The fourth-order valence-electron chi connectivity index (χ4n) is 1.74. The number of nitrogens with zero attached hydrogens (tertiary/aromatic N) is 3. The smallest absolute Gasteiger partial charge is 0.416 e. The molecule has 1 aromatic heterocycles. The van der Waals surface area contributed by atoms with Crippen LogP contribution in [-0.2, 0) is 15.7 Å². The van der Waals surface area contributed by atoms with Crippen molar-refractivity contribution in [1.29, 1.82) is 0 Å². The van der Waals surface area contributed by atoms with E-state index < -0.39 is 17.7 Å². The second kappa shape index (κ2) is 8.03. The number of benzene rings is 1. The van der Waals surface area contributed by atoms with Crippen LogP contribution in [0.25, 0.3) is 6.08 Å². The van der Waals surface area contributed by atoms with Gasteiger partial charge in [0.15, 0.2) is 0 Å². The van der Waals surface area contributed by atoms with Crippen LogP contribution in [0.4, 0.5) is 24.5 Å². The summed E-state index contributed by atoms with van der Waals surface area (Å²) in [6, 6.07) is 8.40. The van der Waals surface area contributed by atoms with Crippen LogP contribution in [0.1, 0.15) is 11.1 Å². The molecular formula is C17H12F3N3O2. The fourth-order valence-corrected chi connectivity index (χ4v) is 1.74. The molecule has 0 amide bonds. The summed E-state index contributed by atoms with van der Waals surface area (Å²) in [5, 5.41) is 0. The summed E-state index contributed by atoms with van der Waals surface area (Å²) >= 11 is 0. The van der Waals surface area contributed by atoms with E-state index in [-0.39, 0.29) is 5.69 Å². The molecule has 0 atom stereocenters.